The molecule has 94 valence electrons. The Morgan fingerprint density at radius 1 is 1.06 bits per heavy atom. The van der Waals surface area contributed by atoms with E-state index in [0.717, 1.165) is 17.4 Å². The van der Waals surface area contributed by atoms with Crippen molar-refractivity contribution < 1.29 is 0 Å². The van der Waals surface area contributed by atoms with Crippen LogP contribution in [0.15, 0.2) is 24.3 Å². The van der Waals surface area contributed by atoms with Crippen molar-refractivity contribution in [3.8, 4) is 0 Å². The van der Waals surface area contributed by atoms with E-state index in [9.17, 15) is 0 Å². The van der Waals surface area contributed by atoms with Gasteiger partial charge in [0.25, 0.3) is 0 Å². The zero-order valence-electron chi connectivity index (χ0n) is 10.2. The highest BCUT2D eigenvalue weighted by Gasteiger charge is 2.17. The van der Waals surface area contributed by atoms with E-state index < -0.39 is 0 Å². The summed E-state index contributed by atoms with van der Waals surface area (Å²) >= 11 is 12.3. The standard InChI is InChI=1S/C15H20Cl2/c16-14-8-6-13(7-9-14)11-15(17)10-12-4-2-1-3-5-12/h6-9,12,15H,1-5,10-11H2. The van der Waals surface area contributed by atoms with Crippen LogP contribution in [0.4, 0.5) is 0 Å². The van der Waals surface area contributed by atoms with Gasteiger partial charge in [-0.1, -0.05) is 55.8 Å². The molecule has 2 heteroatoms. The minimum absolute atomic E-state index is 0.277. The molecule has 0 radical (unpaired) electrons. The van der Waals surface area contributed by atoms with Crippen LogP contribution in [-0.4, -0.2) is 5.38 Å². The normalized spacial score (nSPS) is 19.2. The summed E-state index contributed by atoms with van der Waals surface area (Å²) in [4.78, 5) is 0. The smallest absolute Gasteiger partial charge is 0.0406 e. The van der Waals surface area contributed by atoms with Crippen molar-refractivity contribution in [3.63, 3.8) is 0 Å². The molecule has 17 heavy (non-hydrogen) atoms. The monoisotopic (exact) mass is 270 g/mol. The van der Waals surface area contributed by atoms with Crippen LogP contribution in [0.1, 0.15) is 44.1 Å². The predicted octanol–water partition coefficient (Wildman–Crippen LogP) is 5.46. The maximum Gasteiger partial charge on any atom is 0.0406 e. The summed E-state index contributed by atoms with van der Waals surface area (Å²) in [7, 11) is 0. The van der Waals surface area contributed by atoms with Crippen LogP contribution in [0, 0.1) is 5.92 Å². The van der Waals surface area contributed by atoms with E-state index >= 15 is 0 Å². The predicted molar refractivity (Wildman–Crippen MR) is 76.0 cm³/mol. The molecule has 0 heterocycles. The zero-order valence-corrected chi connectivity index (χ0v) is 11.7. The first kappa shape index (κ1) is 13.2. The van der Waals surface area contributed by atoms with Gasteiger partial charge in [0.2, 0.25) is 0 Å². The third-order valence-corrected chi connectivity index (χ3v) is 4.27. The maximum absolute atomic E-state index is 6.46. The Kier molecular flexibility index (Phi) is 5.18. The Morgan fingerprint density at radius 2 is 1.71 bits per heavy atom. The topological polar surface area (TPSA) is 0 Å². The van der Waals surface area contributed by atoms with E-state index in [1.807, 2.05) is 12.1 Å². The van der Waals surface area contributed by atoms with E-state index in [2.05, 4.69) is 12.1 Å². The molecule has 0 aromatic heterocycles. The Hall–Kier alpha value is -0.200. The molecule has 1 saturated carbocycles. The second kappa shape index (κ2) is 6.66. The average molecular weight is 271 g/mol. The quantitative estimate of drug-likeness (QED) is 0.638. The Morgan fingerprint density at radius 3 is 2.35 bits per heavy atom. The molecule has 0 nitrogen and oxygen atoms in total. The third-order valence-electron chi connectivity index (χ3n) is 3.68. The van der Waals surface area contributed by atoms with Crippen LogP contribution in [0.25, 0.3) is 0 Å². The lowest BCUT2D eigenvalue weighted by Gasteiger charge is -2.23. The Bertz CT molecular complexity index is 325. The molecule has 1 aromatic carbocycles. The van der Waals surface area contributed by atoms with Gasteiger partial charge >= 0.3 is 0 Å². The molecule has 1 atom stereocenters. The van der Waals surface area contributed by atoms with Crippen molar-refractivity contribution in [2.24, 2.45) is 5.92 Å². The fourth-order valence-electron chi connectivity index (χ4n) is 2.74. The van der Waals surface area contributed by atoms with Gasteiger partial charge in [-0.05, 0) is 36.5 Å². The molecule has 0 amide bonds. The summed E-state index contributed by atoms with van der Waals surface area (Å²) in [5.41, 5.74) is 1.30. The Labute approximate surface area is 114 Å². The first-order valence-electron chi connectivity index (χ1n) is 6.62. The highest BCUT2D eigenvalue weighted by Crippen LogP contribution is 2.29. The van der Waals surface area contributed by atoms with Gasteiger partial charge in [-0.3, -0.25) is 0 Å². The second-order valence-corrected chi connectivity index (χ2v) is 6.22. The van der Waals surface area contributed by atoms with Crippen LogP contribution in [0.5, 0.6) is 0 Å². The summed E-state index contributed by atoms with van der Waals surface area (Å²) < 4.78 is 0. The average Bonchev–Trinajstić information content (AvgIpc) is 2.33. The van der Waals surface area contributed by atoms with Gasteiger partial charge in [-0.25, -0.2) is 0 Å². The van der Waals surface area contributed by atoms with Crippen LogP contribution in [0.2, 0.25) is 5.02 Å². The van der Waals surface area contributed by atoms with Crippen molar-refractivity contribution in [2.75, 3.05) is 0 Å². The largest absolute Gasteiger partial charge is 0.123 e. The summed E-state index contributed by atoms with van der Waals surface area (Å²) in [5.74, 6) is 0.860. The van der Waals surface area contributed by atoms with Gasteiger partial charge < -0.3 is 0 Å². The van der Waals surface area contributed by atoms with E-state index in [1.165, 1.54) is 44.1 Å². The van der Waals surface area contributed by atoms with Crippen LogP contribution >= 0.6 is 23.2 Å². The summed E-state index contributed by atoms with van der Waals surface area (Å²) in [6.45, 7) is 0. The Balaban J connectivity index is 1.79. The molecule has 0 aliphatic heterocycles. The SMILES string of the molecule is Clc1ccc(CC(Cl)CC2CCCCC2)cc1. The van der Waals surface area contributed by atoms with E-state index in [0.29, 0.717) is 0 Å². The molecule has 1 fully saturated rings. The minimum Gasteiger partial charge on any atom is -0.123 e. The molecule has 1 aliphatic rings. The lowest BCUT2D eigenvalue weighted by molar-refractivity contribution is 0.334. The van der Waals surface area contributed by atoms with Crippen LogP contribution in [0.3, 0.4) is 0 Å². The first-order chi connectivity index (χ1) is 8.24. The van der Waals surface area contributed by atoms with Crippen molar-refractivity contribution in [3.05, 3.63) is 34.9 Å². The van der Waals surface area contributed by atoms with Gasteiger partial charge in [0.1, 0.15) is 0 Å². The van der Waals surface area contributed by atoms with Crippen molar-refractivity contribution in [2.45, 2.75) is 50.3 Å². The minimum atomic E-state index is 0.277. The van der Waals surface area contributed by atoms with Crippen LogP contribution in [-0.2, 0) is 6.42 Å². The molecular formula is C15H20Cl2. The maximum atomic E-state index is 6.46. The first-order valence-corrected chi connectivity index (χ1v) is 7.44. The molecule has 0 spiro atoms. The van der Waals surface area contributed by atoms with Gasteiger partial charge in [0.15, 0.2) is 0 Å². The molecule has 0 bridgehead atoms. The number of benzene rings is 1. The van der Waals surface area contributed by atoms with Crippen molar-refractivity contribution in [1.29, 1.82) is 0 Å². The summed E-state index contributed by atoms with van der Waals surface area (Å²) in [5, 5.41) is 1.08. The molecule has 0 N–H and O–H groups in total. The number of alkyl halides is 1. The van der Waals surface area contributed by atoms with Gasteiger partial charge in [-0.15, -0.1) is 11.6 Å². The lowest BCUT2D eigenvalue weighted by atomic mass is 9.85. The summed E-state index contributed by atoms with van der Waals surface area (Å²) in [6.07, 6.45) is 9.11. The van der Waals surface area contributed by atoms with E-state index in [-0.39, 0.29) is 5.38 Å². The number of rotatable bonds is 4. The van der Waals surface area contributed by atoms with Gasteiger partial charge in [0, 0.05) is 10.4 Å². The third kappa shape index (κ3) is 4.52. The number of hydrogen-bond acceptors (Lipinski definition) is 0. The van der Waals surface area contributed by atoms with Crippen LogP contribution < -0.4 is 0 Å². The highest BCUT2D eigenvalue weighted by molar-refractivity contribution is 6.30. The van der Waals surface area contributed by atoms with Crippen molar-refractivity contribution >= 4 is 23.2 Å². The molecule has 2 rings (SSSR count). The van der Waals surface area contributed by atoms with Gasteiger partial charge in [0.05, 0.1) is 0 Å². The molecule has 1 unspecified atom stereocenters. The number of halogens is 2. The van der Waals surface area contributed by atoms with E-state index in [1.54, 1.807) is 0 Å². The molecule has 1 aromatic rings. The fraction of sp³-hybridized carbons (Fsp3) is 0.600. The number of hydrogen-bond donors (Lipinski definition) is 0. The molecule has 0 saturated heterocycles. The second-order valence-electron chi connectivity index (χ2n) is 5.17. The van der Waals surface area contributed by atoms with Gasteiger partial charge in [-0.2, -0.15) is 0 Å². The summed E-state index contributed by atoms with van der Waals surface area (Å²) in [6, 6.07) is 8.05. The van der Waals surface area contributed by atoms with Crippen molar-refractivity contribution in [1.82, 2.24) is 0 Å². The zero-order chi connectivity index (χ0) is 12.1. The molecular weight excluding hydrogens is 251 g/mol. The fourth-order valence-corrected chi connectivity index (χ4v) is 3.30. The molecule has 1 aliphatic carbocycles. The highest BCUT2D eigenvalue weighted by atomic mass is 35.5. The lowest BCUT2D eigenvalue weighted by Crippen LogP contribution is -2.14. The van der Waals surface area contributed by atoms with E-state index in [4.69, 9.17) is 23.2 Å².